The van der Waals surface area contributed by atoms with Crippen molar-refractivity contribution in [3.63, 3.8) is 0 Å². The van der Waals surface area contributed by atoms with E-state index in [1.54, 1.807) is 12.1 Å². The van der Waals surface area contributed by atoms with Crippen LogP contribution >= 0.6 is 0 Å². The molecule has 3 aromatic carbocycles. The van der Waals surface area contributed by atoms with Crippen molar-refractivity contribution < 1.29 is 14.3 Å². The molecule has 3 aromatic rings. The topological polar surface area (TPSA) is 84.7 Å². The molecule has 1 atom stereocenters. The van der Waals surface area contributed by atoms with Crippen molar-refractivity contribution in [2.24, 2.45) is 5.73 Å². The molecule has 1 fully saturated rings. The second-order valence-electron chi connectivity index (χ2n) is 7.17. The van der Waals surface area contributed by atoms with E-state index < -0.39 is 18.0 Å². The highest BCUT2D eigenvalue weighted by atomic mass is 16.6. The van der Waals surface area contributed by atoms with E-state index in [9.17, 15) is 9.59 Å². The van der Waals surface area contributed by atoms with Crippen LogP contribution in [0, 0.1) is 0 Å². The zero-order valence-electron chi connectivity index (χ0n) is 16.9. The fraction of sp³-hybridized carbons (Fsp3) is 0.120. The number of cyclic esters (lactones) is 1. The highest BCUT2D eigenvalue weighted by Crippen LogP contribution is 2.33. The van der Waals surface area contributed by atoms with Crippen molar-refractivity contribution in [2.45, 2.75) is 12.6 Å². The number of nitrogens with two attached hydrogens (primary N) is 1. The summed E-state index contributed by atoms with van der Waals surface area (Å²) in [7, 11) is 0. The van der Waals surface area contributed by atoms with Crippen LogP contribution < -0.4 is 11.1 Å². The van der Waals surface area contributed by atoms with Crippen LogP contribution in [0.3, 0.4) is 0 Å². The lowest BCUT2D eigenvalue weighted by molar-refractivity contribution is -0.119. The zero-order chi connectivity index (χ0) is 21.6. The van der Waals surface area contributed by atoms with Crippen LogP contribution in [-0.2, 0) is 16.1 Å². The highest BCUT2D eigenvalue weighted by Gasteiger charge is 2.40. The first kappa shape index (κ1) is 20.2. The number of amides is 2. The number of hydrogen-bond acceptors (Lipinski definition) is 4. The average molecular weight is 413 g/mol. The van der Waals surface area contributed by atoms with Gasteiger partial charge in [-0.1, -0.05) is 91.0 Å². The monoisotopic (exact) mass is 413 g/mol. The molecule has 31 heavy (non-hydrogen) atoms. The maximum Gasteiger partial charge on any atom is 0.415 e. The predicted molar refractivity (Wildman–Crippen MR) is 118 cm³/mol. The summed E-state index contributed by atoms with van der Waals surface area (Å²) in [6.07, 6.45) is -0.599. The number of nitrogens with one attached hydrogen (secondary N) is 1. The number of ether oxygens (including phenoxy) is 1. The Morgan fingerprint density at radius 2 is 1.52 bits per heavy atom. The smallest absolute Gasteiger partial charge is 0.415 e. The largest absolute Gasteiger partial charge is 0.447 e. The quantitative estimate of drug-likeness (QED) is 0.602. The normalized spacial score (nSPS) is 16.5. The molecule has 0 aromatic heterocycles. The van der Waals surface area contributed by atoms with Gasteiger partial charge in [-0.2, -0.15) is 0 Å². The Morgan fingerprint density at radius 3 is 2.16 bits per heavy atom. The third kappa shape index (κ3) is 4.43. The van der Waals surface area contributed by atoms with Gasteiger partial charge in [0.2, 0.25) is 0 Å². The van der Waals surface area contributed by atoms with Crippen molar-refractivity contribution in [1.29, 1.82) is 0 Å². The molecule has 1 unspecified atom stereocenters. The van der Waals surface area contributed by atoms with E-state index in [2.05, 4.69) is 5.32 Å². The van der Waals surface area contributed by atoms with Crippen LogP contribution in [-0.4, -0.2) is 23.5 Å². The molecule has 1 heterocycles. The fourth-order valence-corrected chi connectivity index (χ4v) is 3.57. The van der Waals surface area contributed by atoms with Gasteiger partial charge in [0.25, 0.3) is 5.91 Å². The standard InChI is InChI=1S/C25H23N3O3/c26-22(20-14-8-3-9-15-20)23(24(29)27-16-18-10-4-1-5-11-18)28-21(17-31-25(28)30)19-12-6-2-7-13-19/h1-15,21H,16-17,26H2,(H,27,29)/b23-22+. The van der Waals surface area contributed by atoms with Crippen LogP contribution in [0.1, 0.15) is 22.7 Å². The van der Waals surface area contributed by atoms with E-state index in [-0.39, 0.29) is 18.0 Å². The number of benzene rings is 3. The van der Waals surface area contributed by atoms with Crippen molar-refractivity contribution in [2.75, 3.05) is 6.61 Å². The first-order valence-corrected chi connectivity index (χ1v) is 10.0. The number of hydrogen-bond donors (Lipinski definition) is 2. The molecule has 1 aliphatic heterocycles. The number of rotatable bonds is 6. The summed E-state index contributed by atoms with van der Waals surface area (Å²) in [6, 6.07) is 27.7. The lowest BCUT2D eigenvalue weighted by Gasteiger charge is -2.25. The van der Waals surface area contributed by atoms with Gasteiger partial charge in [-0.25, -0.2) is 4.79 Å². The van der Waals surface area contributed by atoms with E-state index >= 15 is 0 Å². The molecule has 6 nitrogen and oxygen atoms in total. The maximum atomic E-state index is 13.3. The molecule has 0 aliphatic carbocycles. The van der Waals surface area contributed by atoms with Crippen LogP contribution in [0.5, 0.6) is 0 Å². The molecule has 3 N–H and O–H groups in total. The van der Waals surface area contributed by atoms with Crippen LogP contribution in [0.4, 0.5) is 4.79 Å². The SMILES string of the molecule is N/C(=C(\C(=O)NCc1ccccc1)N1C(=O)OCC1c1ccccc1)c1ccccc1. The Labute approximate surface area is 180 Å². The van der Waals surface area contributed by atoms with E-state index in [4.69, 9.17) is 10.5 Å². The Morgan fingerprint density at radius 1 is 0.935 bits per heavy atom. The van der Waals surface area contributed by atoms with Crippen molar-refractivity contribution in [3.8, 4) is 0 Å². The molecule has 6 heteroatoms. The van der Waals surface area contributed by atoms with Crippen molar-refractivity contribution >= 4 is 17.7 Å². The summed E-state index contributed by atoms with van der Waals surface area (Å²) in [5.41, 5.74) is 9.21. The van der Waals surface area contributed by atoms with Crippen molar-refractivity contribution in [3.05, 3.63) is 113 Å². The van der Waals surface area contributed by atoms with Gasteiger partial charge in [0, 0.05) is 6.54 Å². The summed E-state index contributed by atoms with van der Waals surface area (Å²) >= 11 is 0. The molecule has 0 radical (unpaired) electrons. The number of nitrogens with zero attached hydrogens (tertiary/aromatic N) is 1. The Kier molecular flexibility index (Phi) is 5.98. The zero-order valence-corrected chi connectivity index (χ0v) is 16.9. The van der Waals surface area contributed by atoms with Gasteiger partial charge in [0.1, 0.15) is 12.3 Å². The summed E-state index contributed by atoms with van der Waals surface area (Å²) in [4.78, 5) is 27.4. The van der Waals surface area contributed by atoms with Crippen LogP contribution in [0.15, 0.2) is 96.7 Å². The Balaban J connectivity index is 1.73. The summed E-state index contributed by atoms with van der Waals surface area (Å²) in [5, 5.41) is 2.89. The molecule has 1 saturated heterocycles. The summed E-state index contributed by atoms with van der Waals surface area (Å²) in [5.74, 6) is -0.440. The molecule has 2 amide bonds. The summed E-state index contributed by atoms with van der Waals surface area (Å²) < 4.78 is 5.33. The minimum atomic E-state index is -0.599. The lowest BCUT2D eigenvalue weighted by Crippen LogP contribution is -2.38. The molecule has 1 aliphatic rings. The molecule has 0 saturated carbocycles. The minimum absolute atomic E-state index is 0.0819. The summed E-state index contributed by atoms with van der Waals surface area (Å²) in [6.45, 7) is 0.449. The number of carbonyl (C=O) groups excluding carboxylic acids is 2. The van der Waals surface area contributed by atoms with Gasteiger partial charge in [-0.15, -0.1) is 0 Å². The maximum absolute atomic E-state index is 13.3. The average Bonchev–Trinajstić information content (AvgIpc) is 3.20. The van der Waals surface area contributed by atoms with Gasteiger partial charge in [-0.05, 0) is 16.7 Å². The molecular weight excluding hydrogens is 390 g/mol. The highest BCUT2D eigenvalue weighted by molar-refractivity contribution is 6.03. The Bertz CT molecular complexity index is 1080. The van der Waals surface area contributed by atoms with E-state index in [1.807, 2.05) is 78.9 Å². The fourth-order valence-electron chi connectivity index (χ4n) is 3.57. The third-order valence-electron chi connectivity index (χ3n) is 5.15. The number of carbonyl (C=O) groups is 2. The second-order valence-corrected chi connectivity index (χ2v) is 7.17. The van der Waals surface area contributed by atoms with E-state index in [0.29, 0.717) is 12.1 Å². The Hall–Kier alpha value is -4.06. The van der Waals surface area contributed by atoms with Gasteiger partial charge in [0.15, 0.2) is 0 Å². The molecule has 0 spiro atoms. The van der Waals surface area contributed by atoms with Gasteiger partial charge in [-0.3, -0.25) is 9.69 Å². The van der Waals surface area contributed by atoms with E-state index in [1.165, 1.54) is 4.90 Å². The third-order valence-corrected chi connectivity index (χ3v) is 5.15. The van der Waals surface area contributed by atoms with Gasteiger partial charge < -0.3 is 15.8 Å². The van der Waals surface area contributed by atoms with Gasteiger partial charge >= 0.3 is 6.09 Å². The molecule has 4 rings (SSSR count). The molecular formula is C25H23N3O3. The second kappa shape index (κ2) is 9.17. The van der Waals surface area contributed by atoms with Crippen LogP contribution in [0.2, 0.25) is 0 Å². The van der Waals surface area contributed by atoms with Crippen LogP contribution in [0.25, 0.3) is 5.70 Å². The van der Waals surface area contributed by atoms with E-state index in [0.717, 1.165) is 11.1 Å². The molecule has 0 bridgehead atoms. The first-order valence-electron chi connectivity index (χ1n) is 10.0. The predicted octanol–water partition coefficient (Wildman–Crippen LogP) is 3.82. The lowest BCUT2D eigenvalue weighted by atomic mass is 10.0. The van der Waals surface area contributed by atoms with Crippen molar-refractivity contribution in [1.82, 2.24) is 10.2 Å². The first-order chi connectivity index (χ1) is 15.1. The molecule has 156 valence electrons. The minimum Gasteiger partial charge on any atom is -0.447 e. The van der Waals surface area contributed by atoms with Gasteiger partial charge in [0.05, 0.1) is 11.7 Å².